The van der Waals surface area contributed by atoms with Crippen molar-refractivity contribution < 1.29 is 4.74 Å². The number of pyridine rings is 1. The van der Waals surface area contributed by atoms with Crippen LogP contribution in [-0.2, 0) is 0 Å². The van der Waals surface area contributed by atoms with Crippen LogP contribution in [0.2, 0.25) is 0 Å². The molecule has 0 bridgehead atoms. The Kier molecular flexibility index (Phi) is 3.85. The van der Waals surface area contributed by atoms with Gasteiger partial charge in [0.15, 0.2) is 0 Å². The lowest BCUT2D eigenvalue weighted by Crippen LogP contribution is -2.07. The molecule has 3 aromatic heterocycles. The van der Waals surface area contributed by atoms with Crippen LogP contribution in [-0.4, -0.2) is 31.6 Å². The van der Waals surface area contributed by atoms with Gasteiger partial charge in [0.1, 0.15) is 17.5 Å². The van der Waals surface area contributed by atoms with E-state index < -0.39 is 0 Å². The van der Waals surface area contributed by atoms with Gasteiger partial charge < -0.3 is 15.8 Å². The fraction of sp³-hybridized carbons (Fsp3) is 0.111. The highest BCUT2D eigenvalue weighted by atomic mass is 16.5. The molecular formula is C18H17N7O. The van der Waals surface area contributed by atoms with Crippen LogP contribution >= 0.6 is 0 Å². The number of rotatable bonds is 4. The van der Waals surface area contributed by atoms with E-state index in [2.05, 4.69) is 25.3 Å². The highest BCUT2D eigenvalue weighted by Crippen LogP contribution is 2.23. The lowest BCUT2D eigenvalue weighted by Gasteiger charge is -2.10. The first-order valence-corrected chi connectivity index (χ1v) is 8.00. The molecule has 130 valence electrons. The Morgan fingerprint density at radius 3 is 2.69 bits per heavy atom. The van der Waals surface area contributed by atoms with Crippen molar-refractivity contribution in [3.63, 3.8) is 0 Å². The summed E-state index contributed by atoms with van der Waals surface area (Å²) in [5.74, 6) is 2.74. The zero-order chi connectivity index (χ0) is 18.1. The number of fused-ring (bicyclic) bond motifs is 1. The summed E-state index contributed by atoms with van der Waals surface area (Å²) in [5, 5.41) is 3.11. The molecule has 3 heterocycles. The highest BCUT2D eigenvalue weighted by molar-refractivity contribution is 5.78. The zero-order valence-electron chi connectivity index (χ0n) is 14.3. The number of para-hydroxylation sites is 2. The van der Waals surface area contributed by atoms with E-state index in [1.807, 2.05) is 41.8 Å². The predicted molar refractivity (Wildman–Crippen MR) is 99.9 cm³/mol. The molecule has 8 heteroatoms. The average Bonchev–Trinajstić information content (AvgIpc) is 2.97. The van der Waals surface area contributed by atoms with Crippen LogP contribution in [0.3, 0.4) is 0 Å². The summed E-state index contributed by atoms with van der Waals surface area (Å²) in [7, 11) is 1.57. The van der Waals surface area contributed by atoms with Gasteiger partial charge in [0.25, 0.3) is 0 Å². The number of hydrogen-bond acceptors (Lipinski definition) is 7. The monoisotopic (exact) mass is 347 g/mol. The average molecular weight is 347 g/mol. The van der Waals surface area contributed by atoms with Crippen molar-refractivity contribution in [1.29, 1.82) is 0 Å². The van der Waals surface area contributed by atoms with Crippen molar-refractivity contribution in [1.82, 2.24) is 24.5 Å². The largest absolute Gasteiger partial charge is 0.481 e. The van der Waals surface area contributed by atoms with E-state index in [9.17, 15) is 0 Å². The summed E-state index contributed by atoms with van der Waals surface area (Å²) in [6.07, 6.45) is 1.64. The number of nitrogens with two attached hydrogens (primary N) is 1. The summed E-state index contributed by atoms with van der Waals surface area (Å²) in [5.41, 5.74) is 8.59. The Morgan fingerprint density at radius 2 is 1.92 bits per heavy atom. The number of imidazole rings is 1. The maximum atomic E-state index is 6.00. The topological polar surface area (TPSA) is 104 Å². The van der Waals surface area contributed by atoms with E-state index in [1.54, 1.807) is 25.4 Å². The van der Waals surface area contributed by atoms with Crippen LogP contribution in [0, 0.1) is 6.92 Å². The van der Waals surface area contributed by atoms with E-state index in [1.165, 1.54) is 0 Å². The Morgan fingerprint density at radius 1 is 1.08 bits per heavy atom. The fourth-order valence-electron chi connectivity index (χ4n) is 2.76. The number of benzene rings is 1. The quantitative estimate of drug-likeness (QED) is 0.585. The Labute approximate surface area is 149 Å². The van der Waals surface area contributed by atoms with Gasteiger partial charge >= 0.3 is 0 Å². The number of nitrogens with one attached hydrogen (secondary N) is 1. The van der Waals surface area contributed by atoms with E-state index in [-0.39, 0.29) is 0 Å². The van der Waals surface area contributed by atoms with Gasteiger partial charge in [-0.3, -0.25) is 4.57 Å². The van der Waals surface area contributed by atoms with Gasteiger partial charge in [-0.25, -0.2) is 9.97 Å². The number of nitrogen functional groups attached to an aromatic ring is 1. The Bertz CT molecular complexity index is 1070. The van der Waals surface area contributed by atoms with Gasteiger partial charge in [0.05, 0.1) is 30.0 Å². The lowest BCUT2D eigenvalue weighted by molar-refractivity contribution is 0.398. The second kappa shape index (κ2) is 6.32. The first-order chi connectivity index (χ1) is 12.6. The van der Waals surface area contributed by atoms with Crippen LogP contribution in [0.15, 0.2) is 48.7 Å². The van der Waals surface area contributed by atoms with Crippen molar-refractivity contribution in [2.45, 2.75) is 6.92 Å². The predicted octanol–water partition coefficient (Wildman–Crippen LogP) is 2.85. The number of anilines is 3. The van der Waals surface area contributed by atoms with Crippen molar-refractivity contribution >= 4 is 28.5 Å². The summed E-state index contributed by atoms with van der Waals surface area (Å²) >= 11 is 0. The molecule has 0 fully saturated rings. The van der Waals surface area contributed by atoms with Gasteiger partial charge in [0.2, 0.25) is 11.8 Å². The normalized spacial score (nSPS) is 10.8. The van der Waals surface area contributed by atoms with Crippen LogP contribution in [0.1, 0.15) is 5.82 Å². The molecule has 8 nitrogen and oxygen atoms in total. The minimum absolute atomic E-state index is 0.358. The minimum Gasteiger partial charge on any atom is -0.481 e. The molecule has 1 aromatic carbocycles. The van der Waals surface area contributed by atoms with Gasteiger partial charge in [-0.2, -0.15) is 9.97 Å². The standard InChI is InChI=1S/C18H17N7O/c1-11-21-13-5-3-4-6-14(13)25(11)16-9-15(19)23-18(24-16)22-12-7-8-17(26-2)20-10-12/h3-10H,1-2H3,(H3,19,22,23,24). The maximum absolute atomic E-state index is 6.00. The van der Waals surface area contributed by atoms with Gasteiger partial charge in [-0.15, -0.1) is 0 Å². The summed E-state index contributed by atoms with van der Waals surface area (Å²) in [4.78, 5) is 17.6. The Hall–Kier alpha value is -3.68. The van der Waals surface area contributed by atoms with E-state index in [0.717, 1.165) is 22.5 Å². The summed E-state index contributed by atoms with van der Waals surface area (Å²) < 4.78 is 7.01. The molecule has 0 amide bonds. The molecule has 0 unspecified atom stereocenters. The molecule has 0 aliphatic heterocycles. The third-order valence-electron chi connectivity index (χ3n) is 3.89. The molecule has 0 atom stereocenters. The third-order valence-corrected chi connectivity index (χ3v) is 3.89. The van der Waals surface area contributed by atoms with Crippen LogP contribution < -0.4 is 15.8 Å². The lowest BCUT2D eigenvalue weighted by atomic mass is 10.3. The molecule has 3 N–H and O–H groups in total. The number of aryl methyl sites for hydroxylation is 1. The van der Waals surface area contributed by atoms with Gasteiger partial charge in [-0.05, 0) is 25.1 Å². The van der Waals surface area contributed by atoms with Crippen molar-refractivity contribution in [2.24, 2.45) is 0 Å². The molecular weight excluding hydrogens is 330 g/mol. The van der Waals surface area contributed by atoms with Crippen molar-refractivity contribution in [2.75, 3.05) is 18.2 Å². The van der Waals surface area contributed by atoms with Gasteiger partial charge in [0, 0.05) is 12.1 Å². The summed E-state index contributed by atoms with van der Waals surface area (Å²) in [6.45, 7) is 1.93. The minimum atomic E-state index is 0.358. The molecule has 4 rings (SSSR count). The number of nitrogens with zero attached hydrogens (tertiary/aromatic N) is 5. The van der Waals surface area contributed by atoms with Crippen LogP contribution in [0.25, 0.3) is 16.9 Å². The van der Waals surface area contributed by atoms with Crippen molar-refractivity contribution in [3.8, 4) is 11.7 Å². The second-order valence-electron chi connectivity index (χ2n) is 5.67. The number of hydrogen-bond donors (Lipinski definition) is 2. The molecule has 0 saturated carbocycles. The molecule has 4 aromatic rings. The van der Waals surface area contributed by atoms with Crippen LogP contribution in [0.4, 0.5) is 17.5 Å². The number of methoxy groups -OCH3 is 1. The highest BCUT2D eigenvalue weighted by Gasteiger charge is 2.12. The number of ether oxygens (including phenoxy) is 1. The van der Waals surface area contributed by atoms with E-state index in [0.29, 0.717) is 23.5 Å². The smallest absolute Gasteiger partial charge is 0.231 e. The van der Waals surface area contributed by atoms with E-state index in [4.69, 9.17) is 10.5 Å². The Balaban J connectivity index is 1.75. The zero-order valence-corrected chi connectivity index (χ0v) is 14.3. The molecule has 0 aliphatic carbocycles. The van der Waals surface area contributed by atoms with Crippen LogP contribution in [0.5, 0.6) is 5.88 Å². The first-order valence-electron chi connectivity index (χ1n) is 8.00. The second-order valence-corrected chi connectivity index (χ2v) is 5.67. The molecule has 0 saturated heterocycles. The number of aromatic nitrogens is 5. The van der Waals surface area contributed by atoms with Gasteiger partial charge in [-0.1, -0.05) is 12.1 Å². The summed E-state index contributed by atoms with van der Waals surface area (Å²) in [6, 6.07) is 13.2. The molecule has 0 aliphatic rings. The molecule has 26 heavy (non-hydrogen) atoms. The molecule has 0 radical (unpaired) electrons. The first kappa shape index (κ1) is 15.8. The third kappa shape index (κ3) is 2.88. The van der Waals surface area contributed by atoms with Crippen molar-refractivity contribution in [3.05, 3.63) is 54.5 Å². The molecule has 0 spiro atoms. The SMILES string of the molecule is COc1ccc(Nc2nc(N)cc(-n3c(C)nc4ccccc43)n2)cn1. The van der Waals surface area contributed by atoms with E-state index >= 15 is 0 Å². The fourth-order valence-corrected chi connectivity index (χ4v) is 2.76. The maximum Gasteiger partial charge on any atom is 0.231 e.